The van der Waals surface area contributed by atoms with E-state index in [1.54, 1.807) is 0 Å². The first-order chi connectivity index (χ1) is 5.58. The summed E-state index contributed by atoms with van der Waals surface area (Å²) in [6, 6.07) is 0. The van der Waals surface area contributed by atoms with Crippen LogP contribution in [0.1, 0.15) is 0 Å². The maximum atomic E-state index is 10.6. The second-order valence-electron chi connectivity index (χ2n) is 2.69. The summed E-state index contributed by atoms with van der Waals surface area (Å²) >= 11 is 0. The van der Waals surface area contributed by atoms with E-state index in [1.807, 2.05) is 0 Å². The first kappa shape index (κ1) is 9.91. The Morgan fingerprint density at radius 2 is 2.42 bits per heavy atom. The fourth-order valence-corrected chi connectivity index (χ4v) is 1.33. The molecule has 0 aromatic heterocycles. The zero-order chi connectivity index (χ0) is 9.03. The molecule has 0 amide bonds. The molecule has 0 bridgehead atoms. The topological polar surface area (TPSA) is 64.6 Å². The standard InChI is InChI=1S/C6H13NO4S/c1-12(8,9)11-5-6-4-7-2-3-10-6/h6-7H,2-5H2,1H3/t6-/m0/s1. The van der Waals surface area contributed by atoms with Crippen molar-refractivity contribution in [2.75, 3.05) is 32.6 Å². The number of nitrogens with one attached hydrogen (secondary N) is 1. The van der Waals surface area contributed by atoms with Crippen molar-refractivity contribution in [1.29, 1.82) is 0 Å². The van der Waals surface area contributed by atoms with Crippen LogP contribution in [0.4, 0.5) is 0 Å². The van der Waals surface area contributed by atoms with Crippen molar-refractivity contribution in [3.05, 3.63) is 0 Å². The maximum absolute atomic E-state index is 10.6. The average molecular weight is 195 g/mol. The maximum Gasteiger partial charge on any atom is 0.264 e. The van der Waals surface area contributed by atoms with Gasteiger partial charge in [-0.05, 0) is 0 Å². The van der Waals surface area contributed by atoms with Gasteiger partial charge in [0.05, 0.1) is 25.6 Å². The highest BCUT2D eigenvalue weighted by atomic mass is 32.2. The summed E-state index contributed by atoms with van der Waals surface area (Å²) in [7, 11) is -3.33. The number of morpholine rings is 1. The van der Waals surface area contributed by atoms with Crippen LogP contribution in [-0.2, 0) is 19.0 Å². The van der Waals surface area contributed by atoms with Gasteiger partial charge in [0, 0.05) is 13.1 Å². The predicted molar refractivity (Wildman–Crippen MR) is 43.4 cm³/mol. The first-order valence-electron chi connectivity index (χ1n) is 3.74. The molecule has 0 aromatic carbocycles. The Kier molecular flexibility index (Phi) is 3.45. The minimum absolute atomic E-state index is 0.103. The summed E-state index contributed by atoms with van der Waals surface area (Å²) in [5, 5.41) is 3.07. The molecular weight excluding hydrogens is 182 g/mol. The Bertz CT molecular complexity index is 220. The van der Waals surface area contributed by atoms with Crippen molar-refractivity contribution < 1.29 is 17.3 Å². The molecule has 12 heavy (non-hydrogen) atoms. The molecule has 6 heteroatoms. The van der Waals surface area contributed by atoms with Gasteiger partial charge in [-0.2, -0.15) is 8.42 Å². The van der Waals surface area contributed by atoms with Crippen molar-refractivity contribution in [2.45, 2.75) is 6.10 Å². The van der Waals surface area contributed by atoms with Gasteiger partial charge >= 0.3 is 0 Å². The lowest BCUT2D eigenvalue weighted by Crippen LogP contribution is -2.41. The van der Waals surface area contributed by atoms with E-state index in [-0.39, 0.29) is 12.7 Å². The largest absolute Gasteiger partial charge is 0.373 e. The van der Waals surface area contributed by atoms with Gasteiger partial charge in [-0.25, -0.2) is 0 Å². The lowest BCUT2D eigenvalue weighted by molar-refractivity contribution is 0.00178. The summed E-state index contributed by atoms with van der Waals surface area (Å²) in [5.41, 5.74) is 0. The molecule has 1 aliphatic heterocycles. The van der Waals surface area contributed by atoms with Crippen LogP contribution in [0.25, 0.3) is 0 Å². The van der Waals surface area contributed by atoms with E-state index in [1.165, 1.54) is 0 Å². The van der Waals surface area contributed by atoms with Crippen LogP contribution in [-0.4, -0.2) is 47.1 Å². The molecule has 0 unspecified atom stereocenters. The highest BCUT2D eigenvalue weighted by Crippen LogP contribution is 1.98. The van der Waals surface area contributed by atoms with E-state index < -0.39 is 10.1 Å². The van der Waals surface area contributed by atoms with Gasteiger partial charge in [0.2, 0.25) is 0 Å². The van der Waals surface area contributed by atoms with Gasteiger partial charge in [-0.15, -0.1) is 0 Å². The molecule has 1 atom stereocenters. The van der Waals surface area contributed by atoms with Crippen LogP contribution in [0.5, 0.6) is 0 Å². The highest BCUT2D eigenvalue weighted by Gasteiger charge is 2.15. The van der Waals surface area contributed by atoms with Gasteiger partial charge in [0.25, 0.3) is 10.1 Å². The van der Waals surface area contributed by atoms with E-state index in [4.69, 9.17) is 4.74 Å². The van der Waals surface area contributed by atoms with Crippen molar-refractivity contribution in [3.8, 4) is 0 Å². The van der Waals surface area contributed by atoms with Crippen LogP contribution in [0.2, 0.25) is 0 Å². The number of hydrogen-bond donors (Lipinski definition) is 1. The molecule has 1 fully saturated rings. The smallest absolute Gasteiger partial charge is 0.264 e. The molecule has 0 radical (unpaired) electrons. The van der Waals surface area contributed by atoms with E-state index >= 15 is 0 Å². The Balaban J connectivity index is 2.22. The second-order valence-corrected chi connectivity index (χ2v) is 4.33. The first-order valence-corrected chi connectivity index (χ1v) is 5.56. The SMILES string of the molecule is CS(=O)(=O)OC[C@@H]1CNCCO1. The summed E-state index contributed by atoms with van der Waals surface area (Å²) in [6.45, 7) is 2.18. The Morgan fingerprint density at radius 3 is 2.92 bits per heavy atom. The molecule has 0 aromatic rings. The quantitative estimate of drug-likeness (QED) is 0.582. The lowest BCUT2D eigenvalue weighted by Gasteiger charge is -2.22. The second kappa shape index (κ2) is 4.18. The normalized spacial score (nSPS) is 25.6. The Labute approximate surface area is 72.2 Å². The number of hydrogen-bond acceptors (Lipinski definition) is 5. The molecule has 5 nitrogen and oxygen atoms in total. The third-order valence-corrected chi connectivity index (χ3v) is 2.04. The van der Waals surface area contributed by atoms with Gasteiger partial charge in [0.15, 0.2) is 0 Å². The van der Waals surface area contributed by atoms with Crippen molar-refractivity contribution in [2.24, 2.45) is 0 Å². The van der Waals surface area contributed by atoms with Crippen LogP contribution in [0.3, 0.4) is 0 Å². The van der Waals surface area contributed by atoms with Gasteiger partial charge in [-0.1, -0.05) is 0 Å². The van der Waals surface area contributed by atoms with Crippen LogP contribution in [0, 0.1) is 0 Å². The molecule has 1 heterocycles. The van der Waals surface area contributed by atoms with E-state index in [9.17, 15) is 8.42 Å². The average Bonchev–Trinajstić information content (AvgIpc) is 2.02. The molecule has 0 saturated carbocycles. The third-order valence-electron chi connectivity index (χ3n) is 1.47. The zero-order valence-corrected chi connectivity index (χ0v) is 7.76. The molecule has 1 aliphatic rings. The fourth-order valence-electron chi connectivity index (χ4n) is 0.926. The molecule has 1 saturated heterocycles. The highest BCUT2D eigenvalue weighted by molar-refractivity contribution is 7.85. The van der Waals surface area contributed by atoms with Crippen molar-refractivity contribution in [3.63, 3.8) is 0 Å². The Hall–Kier alpha value is -0.170. The van der Waals surface area contributed by atoms with Crippen LogP contribution >= 0.6 is 0 Å². The predicted octanol–water partition coefficient (Wildman–Crippen LogP) is -1.05. The van der Waals surface area contributed by atoms with Crippen LogP contribution in [0.15, 0.2) is 0 Å². The number of ether oxygens (including phenoxy) is 1. The number of rotatable bonds is 3. The van der Waals surface area contributed by atoms with E-state index in [0.717, 1.165) is 12.8 Å². The van der Waals surface area contributed by atoms with Gasteiger partial charge < -0.3 is 10.1 Å². The minimum atomic E-state index is -3.33. The zero-order valence-electron chi connectivity index (χ0n) is 6.95. The molecule has 72 valence electrons. The van der Waals surface area contributed by atoms with E-state index in [2.05, 4.69) is 9.50 Å². The Morgan fingerprint density at radius 1 is 1.67 bits per heavy atom. The summed E-state index contributed by atoms with van der Waals surface area (Å²) in [4.78, 5) is 0. The van der Waals surface area contributed by atoms with Crippen molar-refractivity contribution in [1.82, 2.24) is 5.32 Å². The van der Waals surface area contributed by atoms with Gasteiger partial charge in [0.1, 0.15) is 0 Å². The van der Waals surface area contributed by atoms with Crippen LogP contribution < -0.4 is 5.32 Å². The summed E-state index contributed by atoms with van der Waals surface area (Å²) < 4.78 is 30.9. The summed E-state index contributed by atoms with van der Waals surface area (Å²) in [6.07, 6.45) is 0.886. The monoisotopic (exact) mass is 195 g/mol. The fraction of sp³-hybridized carbons (Fsp3) is 1.00. The minimum Gasteiger partial charge on any atom is -0.373 e. The van der Waals surface area contributed by atoms with E-state index in [0.29, 0.717) is 13.2 Å². The van der Waals surface area contributed by atoms with Crippen molar-refractivity contribution >= 4 is 10.1 Å². The molecular formula is C6H13NO4S. The molecule has 1 rings (SSSR count). The van der Waals surface area contributed by atoms with Gasteiger partial charge in [-0.3, -0.25) is 4.18 Å². The third kappa shape index (κ3) is 4.01. The molecule has 0 aliphatic carbocycles. The summed E-state index contributed by atoms with van der Waals surface area (Å²) in [5.74, 6) is 0. The molecule has 1 N–H and O–H groups in total. The lowest BCUT2D eigenvalue weighted by atomic mass is 10.3. The molecule has 0 spiro atoms.